The highest BCUT2D eigenvalue weighted by atomic mass is 16.4. The third-order valence-electron chi connectivity index (χ3n) is 1.97. The Hall–Kier alpha value is -1.10. The normalized spacial score (nSPS) is 11.7. The topological polar surface area (TPSA) is 77.0 Å². The van der Waals surface area contributed by atoms with Crippen molar-refractivity contribution in [2.45, 2.75) is 39.3 Å². The molecule has 0 aliphatic heterocycles. The largest absolute Gasteiger partial charge is 0.407 e. The van der Waals surface area contributed by atoms with Crippen LogP contribution in [-0.2, 0) is 6.54 Å². The van der Waals surface area contributed by atoms with E-state index in [4.69, 9.17) is 10.2 Å². The minimum Gasteiger partial charge on any atom is -0.407 e. The smallest absolute Gasteiger partial charge is 0.315 e. The maximum absolute atomic E-state index is 5.34. The van der Waals surface area contributed by atoms with Crippen LogP contribution < -0.4 is 11.1 Å². The van der Waals surface area contributed by atoms with Crippen molar-refractivity contribution >= 4 is 6.01 Å². The SMILES string of the molecule is CCC(C)(C)Nc1nnc(CN)o1. The van der Waals surface area contributed by atoms with Crippen molar-refractivity contribution in [3.8, 4) is 0 Å². The standard InChI is InChI=1S/C8H16N4O/c1-4-8(2,3)10-7-12-11-6(5-9)13-7/h4-5,9H2,1-3H3,(H,10,12). The zero-order valence-electron chi connectivity index (χ0n) is 8.29. The monoisotopic (exact) mass is 184 g/mol. The van der Waals surface area contributed by atoms with E-state index in [9.17, 15) is 0 Å². The summed E-state index contributed by atoms with van der Waals surface area (Å²) in [7, 11) is 0. The lowest BCUT2D eigenvalue weighted by atomic mass is 10.0. The van der Waals surface area contributed by atoms with Crippen molar-refractivity contribution in [2.24, 2.45) is 5.73 Å². The van der Waals surface area contributed by atoms with Gasteiger partial charge in [-0.3, -0.25) is 0 Å². The molecule has 1 aromatic heterocycles. The molecule has 0 saturated heterocycles. The summed E-state index contributed by atoms with van der Waals surface area (Å²) < 4.78 is 5.21. The molecule has 3 N–H and O–H groups in total. The van der Waals surface area contributed by atoms with Gasteiger partial charge in [-0.1, -0.05) is 12.0 Å². The average Bonchev–Trinajstić information content (AvgIpc) is 2.52. The molecule has 0 saturated carbocycles. The minimum absolute atomic E-state index is 0.0294. The first-order valence-corrected chi connectivity index (χ1v) is 4.38. The Bertz CT molecular complexity index is 269. The van der Waals surface area contributed by atoms with Crippen LogP contribution in [0, 0.1) is 0 Å². The molecular weight excluding hydrogens is 168 g/mol. The zero-order valence-corrected chi connectivity index (χ0v) is 8.29. The van der Waals surface area contributed by atoms with Crippen LogP contribution in [0.5, 0.6) is 0 Å². The van der Waals surface area contributed by atoms with Gasteiger partial charge in [-0.25, -0.2) is 0 Å². The van der Waals surface area contributed by atoms with Crippen molar-refractivity contribution in [1.29, 1.82) is 0 Å². The van der Waals surface area contributed by atoms with Gasteiger partial charge in [0.2, 0.25) is 5.89 Å². The first-order valence-electron chi connectivity index (χ1n) is 4.38. The predicted molar refractivity (Wildman–Crippen MR) is 50.2 cm³/mol. The highest BCUT2D eigenvalue weighted by molar-refractivity contribution is 5.22. The second-order valence-electron chi connectivity index (χ2n) is 3.57. The lowest BCUT2D eigenvalue weighted by Gasteiger charge is -2.22. The van der Waals surface area contributed by atoms with Gasteiger partial charge in [-0.15, -0.1) is 5.10 Å². The van der Waals surface area contributed by atoms with E-state index in [1.54, 1.807) is 0 Å². The molecule has 0 fully saturated rings. The van der Waals surface area contributed by atoms with E-state index >= 15 is 0 Å². The third kappa shape index (κ3) is 2.69. The number of hydrogen-bond donors (Lipinski definition) is 2. The fourth-order valence-corrected chi connectivity index (χ4v) is 0.764. The Labute approximate surface area is 77.7 Å². The van der Waals surface area contributed by atoms with Crippen molar-refractivity contribution in [2.75, 3.05) is 5.32 Å². The first kappa shape index (κ1) is 9.98. The quantitative estimate of drug-likeness (QED) is 0.733. The summed E-state index contributed by atoms with van der Waals surface area (Å²) in [5.41, 5.74) is 5.31. The second-order valence-corrected chi connectivity index (χ2v) is 3.57. The van der Waals surface area contributed by atoms with Crippen molar-refractivity contribution in [3.63, 3.8) is 0 Å². The molecule has 5 nitrogen and oxygen atoms in total. The van der Waals surface area contributed by atoms with Gasteiger partial charge in [0.1, 0.15) is 0 Å². The van der Waals surface area contributed by atoms with Crippen LogP contribution in [0.1, 0.15) is 33.1 Å². The van der Waals surface area contributed by atoms with Gasteiger partial charge < -0.3 is 15.5 Å². The summed E-state index contributed by atoms with van der Waals surface area (Å²) in [4.78, 5) is 0. The molecule has 0 aromatic carbocycles. The lowest BCUT2D eigenvalue weighted by Crippen LogP contribution is -2.29. The summed E-state index contributed by atoms with van der Waals surface area (Å²) in [6.07, 6.45) is 0.980. The van der Waals surface area contributed by atoms with E-state index in [-0.39, 0.29) is 12.1 Å². The summed E-state index contributed by atoms with van der Waals surface area (Å²) in [6, 6.07) is 0.437. The van der Waals surface area contributed by atoms with Crippen LogP contribution >= 0.6 is 0 Å². The van der Waals surface area contributed by atoms with Crippen molar-refractivity contribution < 1.29 is 4.42 Å². The fraction of sp³-hybridized carbons (Fsp3) is 0.750. The Morgan fingerprint density at radius 2 is 2.15 bits per heavy atom. The Morgan fingerprint density at radius 3 is 2.62 bits per heavy atom. The Kier molecular flexibility index (Phi) is 2.87. The molecule has 74 valence electrons. The van der Waals surface area contributed by atoms with E-state index in [0.717, 1.165) is 6.42 Å². The Morgan fingerprint density at radius 1 is 1.46 bits per heavy atom. The molecule has 0 atom stereocenters. The zero-order chi connectivity index (χ0) is 9.90. The van der Waals surface area contributed by atoms with Crippen LogP contribution in [-0.4, -0.2) is 15.7 Å². The molecule has 0 amide bonds. The molecule has 1 aromatic rings. The van der Waals surface area contributed by atoms with Gasteiger partial charge in [0.25, 0.3) is 0 Å². The van der Waals surface area contributed by atoms with Gasteiger partial charge >= 0.3 is 6.01 Å². The molecule has 0 aliphatic carbocycles. The van der Waals surface area contributed by atoms with E-state index in [2.05, 4.69) is 36.3 Å². The van der Waals surface area contributed by atoms with Crippen molar-refractivity contribution in [1.82, 2.24) is 10.2 Å². The molecule has 0 radical (unpaired) electrons. The van der Waals surface area contributed by atoms with Crippen LogP contribution in [0.25, 0.3) is 0 Å². The van der Waals surface area contributed by atoms with E-state index in [1.807, 2.05) is 0 Å². The summed E-state index contributed by atoms with van der Waals surface area (Å²) in [6.45, 7) is 6.51. The van der Waals surface area contributed by atoms with E-state index in [0.29, 0.717) is 11.9 Å². The average molecular weight is 184 g/mol. The minimum atomic E-state index is -0.0294. The van der Waals surface area contributed by atoms with Crippen LogP contribution in [0.4, 0.5) is 6.01 Å². The number of anilines is 1. The molecule has 5 heteroatoms. The molecule has 0 aliphatic rings. The summed E-state index contributed by atoms with van der Waals surface area (Å²) in [5, 5.41) is 10.7. The number of aromatic nitrogens is 2. The lowest BCUT2D eigenvalue weighted by molar-refractivity contribution is 0.470. The van der Waals surface area contributed by atoms with Crippen LogP contribution in [0.2, 0.25) is 0 Å². The van der Waals surface area contributed by atoms with Gasteiger partial charge in [0, 0.05) is 5.54 Å². The van der Waals surface area contributed by atoms with Gasteiger partial charge in [0.15, 0.2) is 0 Å². The number of hydrogen-bond acceptors (Lipinski definition) is 5. The molecular formula is C8H16N4O. The van der Waals surface area contributed by atoms with Crippen LogP contribution in [0.3, 0.4) is 0 Å². The molecule has 0 spiro atoms. The highest BCUT2D eigenvalue weighted by Crippen LogP contribution is 2.15. The van der Waals surface area contributed by atoms with E-state index < -0.39 is 0 Å². The molecule has 0 unspecified atom stereocenters. The number of nitrogens with zero attached hydrogens (tertiary/aromatic N) is 2. The predicted octanol–water partition coefficient (Wildman–Crippen LogP) is 1.13. The second kappa shape index (κ2) is 3.74. The van der Waals surface area contributed by atoms with Gasteiger partial charge in [0.05, 0.1) is 6.54 Å². The number of nitrogens with one attached hydrogen (secondary N) is 1. The summed E-state index contributed by atoms with van der Waals surface area (Å²) in [5.74, 6) is 0.453. The maximum atomic E-state index is 5.34. The van der Waals surface area contributed by atoms with E-state index in [1.165, 1.54) is 0 Å². The maximum Gasteiger partial charge on any atom is 0.315 e. The summed E-state index contributed by atoms with van der Waals surface area (Å²) >= 11 is 0. The fourth-order valence-electron chi connectivity index (χ4n) is 0.764. The highest BCUT2D eigenvalue weighted by Gasteiger charge is 2.17. The van der Waals surface area contributed by atoms with Crippen LogP contribution in [0.15, 0.2) is 4.42 Å². The molecule has 0 bridgehead atoms. The molecule has 13 heavy (non-hydrogen) atoms. The first-order chi connectivity index (χ1) is 6.07. The van der Waals surface area contributed by atoms with Gasteiger partial charge in [-0.2, -0.15) is 0 Å². The molecule has 1 rings (SSSR count). The van der Waals surface area contributed by atoms with Crippen molar-refractivity contribution in [3.05, 3.63) is 5.89 Å². The molecule has 1 heterocycles. The number of nitrogens with two attached hydrogens (primary N) is 1. The number of rotatable bonds is 4. The van der Waals surface area contributed by atoms with Gasteiger partial charge in [-0.05, 0) is 20.3 Å². The third-order valence-corrected chi connectivity index (χ3v) is 1.97. The Balaban J connectivity index is 2.63.